The van der Waals surface area contributed by atoms with Crippen LogP contribution in [0.25, 0.3) is 54.9 Å². The minimum absolute atomic E-state index is 0.503. The zero-order chi connectivity index (χ0) is 38.5. The third kappa shape index (κ3) is 5.32. The molecule has 0 atom stereocenters. The van der Waals surface area contributed by atoms with Crippen LogP contribution in [0.15, 0.2) is 237 Å². The fourth-order valence-electron chi connectivity index (χ4n) is 9.58. The molecule has 58 heavy (non-hydrogen) atoms. The molecule has 0 radical (unpaired) electrons. The average Bonchev–Trinajstić information content (AvgIpc) is 3.62. The van der Waals surface area contributed by atoms with Gasteiger partial charge in [-0.2, -0.15) is 0 Å². The van der Waals surface area contributed by atoms with E-state index in [2.05, 4.69) is 241 Å². The topological polar surface area (TPSA) is 3.24 Å². The summed E-state index contributed by atoms with van der Waals surface area (Å²) in [7, 11) is 0. The molecule has 1 aliphatic carbocycles. The van der Waals surface area contributed by atoms with Gasteiger partial charge < -0.3 is 4.90 Å². The Morgan fingerprint density at radius 2 is 0.793 bits per heavy atom. The number of hydrogen-bond acceptors (Lipinski definition) is 1. The molecule has 0 N–H and O–H groups in total. The fourth-order valence-corrected chi connectivity index (χ4v) is 9.58. The highest BCUT2D eigenvalue weighted by atomic mass is 15.1. The van der Waals surface area contributed by atoms with Gasteiger partial charge >= 0.3 is 0 Å². The molecule has 0 aromatic heterocycles. The molecule has 0 saturated heterocycles. The molecular formula is C57H39N. The van der Waals surface area contributed by atoms with Crippen LogP contribution in [-0.4, -0.2) is 0 Å². The summed E-state index contributed by atoms with van der Waals surface area (Å²) < 4.78 is 0. The zero-order valence-electron chi connectivity index (χ0n) is 32.0. The Balaban J connectivity index is 1.16. The summed E-state index contributed by atoms with van der Waals surface area (Å²) in [4.78, 5) is 2.51. The first-order valence-electron chi connectivity index (χ1n) is 20.1. The molecule has 10 aromatic carbocycles. The van der Waals surface area contributed by atoms with Crippen molar-refractivity contribution in [3.63, 3.8) is 0 Å². The van der Waals surface area contributed by atoms with Crippen LogP contribution < -0.4 is 4.90 Å². The highest BCUT2D eigenvalue weighted by Gasteiger charge is 2.47. The molecule has 0 heterocycles. The Kier molecular flexibility index (Phi) is 8.12. The predicted octanol–water partition coefficient (Wildman–Crippen LogP) is 15.2. The van der Waals surface area contributed by atoms with Crippen molar-refractivity contribution in [2.45, 2.75) is 5.41 Å². The second-order valence-corrected chi connectivity index (χ2v) is 15.2. The maximum absolute atomic E-state index is 2.51. The van der Waals surface area contributed by atoms with Crippen LogP contribution in [0.2, 0.25) is 0 Å². The Hall–Kier alpha value is -7.48. The number of benzene rings is 10. The molecule has 11 rings (SSSR count). The summed E-state index contributed by atoms with van der Waals surface area (Å²) in [6, 6.07) is 86.8. The summed E-state index contributed by atoms with van der Waals surface area (Å²) in [5.74, 6) is 0. The van der Waals surface area contributed by atoms with Crippen molar-refractivity contribution >= 4 is 38.6 Å². The molecule has 0 amide bonds. The van der Waals surface area contributed by atoms with Gasteiger partial charge in [0.25, 0.3) is 0 Å². The predicted molar refractivity (Wildman–Crippen MR) is 244 cm³/mol. The Bertz CT molecular complexity index is 3040. The normalized spacial score (nSPS) is 12.6. The summed E-state index contributed by atoms with van der Waals surface area (Å²) in [6.07, 6.45) is 0. The molecule has 272 valence electrons. The van der Waals surface area contributed by atoms with Crippen LogP contribution >= 0.6 is 0 Å². The third-order valence-electron chi connectivity index (χ3n) is 12.1. The van der Waals surface area contributed by atoms with Gasteiger partial charge in [0, 0.05) is 16.6 Å². The van der Waals surface area contributed by atoms with Gasteiger partial charge in [-0.15, -0.1) is 0 Å². The second kappa shape index (κ2) is 13.9. The van der Waals surface area contributed by atoms with Crippen LogP contribution in [0.4, 0.5) is 17.1 Å². The van der Waals surface area contributed by atoms with E-state index in [9.17, 15) is 0 Å². The Morgan fingerprint density at radius 1 is 0.310 bits per heavy atom. The first-order valence-corrected chi connectivity index (χ1v) is 20.1. The lowest BCUT2D eigenvalue weighted by atomic mass is 9.68. The van der Waals surface area contributed by atoms with Crippen molar-refractivity contribution < 1.29 is 0 Å². The molecule has 0 saturated carbocycles. The van der Waals surface area contributed by atoms with E-state index in [1.54, 1.807) is 0 Å². The number of anilines is 3. The van der Waals surface area contributed by atoms with Gasteiger partial charge in [-0.05, 0) is 90.5 Å². The molecule has 1 aliphatic rings. The molecule has 0 aliphatic heterocycles. The number of rotatable bonds is 7. The Labute approximate surface area is 339 Å². The first-order chi connectivity index (χ1) is 28.8. The SMILES string of the molecule is c1ccc(-c2ccc(-c3ccc(N(c4cccc5c4-c4ccccc4C5(c4ccccc4)c4ccccc4)c4cc5ccccc5c5ccccc45)cc3)cc2)cc1. The number of hydrogen-bond donors (Lipinski definition) is 0. The quantitative estimate of drug-likeness (QED) is 0.147. The lowest BCUT2D eigenvalue weighted by Crippen LogP contribution is -2.28. The summed E-state index contributed by atoms with van der Waals surface area (Å²) in [5, 5.41) is 4.92. The van der Waals surface area contributed by atoms with Crippen LogP contribution in [0.1, 0.15) is 22.3 Å². The summed E-state index contributed by atoms with van der Waals surface area (Å²) in [5.41, 5.74) is 15.3. The lowest BCUT2D eigenvalue weighted by Gasteiger charge is -2.34. The van der Waals surface area contributed by atoms with Crippen LogP contribution in [-0.2, 0) is 5.41 Å². The third-order valence-corrected chi connectivity index (χ3v) is 12.1. The van der Waals surface area contributed by atoms with Gasteiger partial charge in [0.05, 0.1) is 16.8 Å². The fraction of sp³-hybridized carbons (Fsp3) is 0.0175. The highest BCUT2D eigenvalue weighted by molar-refractivity contribution is 6.15. The van der Waals surface area contributed by atoms with E-state index in [4.69, 9.17) is 0 Å². The van der Waals surface area contributed by atoms with E-state index in [1.165, 1.54) is 77.2 Å². The van der Waals surface area contributed by atoms with Crippen molar-refractivity contribution in [2.24, 2.45) is 0 Å². The van der Waals surface area contributed by atoms with E-state index in [1.807, 2.05) is 0 Å². The molecule has 10 aromatic rings. The van der Waals surface area contributed by atoms with Crippen molar-refractivity contribution in [2.75, 3.05) is 4.90 Å². The second-order valence-electron chi connectivity index (χ2n) is 15.2. The lowest BCUT2D eigenvalue weighted by molar-refractivity contribution is 0.768. The van der Waals surface area contributed by atoms with E-state index >= 15 is 0 Å². The molecule has 0 unspecified atom stereocenters. The molecular weight excluding hydrogens is 699 g/mol. The zero-order valence-corrected chi connectivity index (χ0v) is 32.0. The van der Waals surface area contributed by atoms with E-state index in [0.717, 1.165) is 17.1 Å². The smallest absolute Gasteiger partial charge is 0.0714 e. The largest absolute Gasteiger partial charge is 0.309 e. The number of nitrogens with zero attached hydrogens (tertiary/aromatic N) is 1. The van der Waals surface area contributed by atoms with Crippen LogP contribution in [0, 0.1) is 0 Å². The van der Waals surface area contributed by atoms with Gasteiger partial charge in [-0.1, -0.05) is 212 Å². The molecule has 1 heteroatoms. The summed E-state index contributed by atoms with van der Waals surface area (Å²) >= 11 is 0. The average molecular weight is 738 g/mol. The number of fused-ring (bicyclic) bond motifs is 6. The molecule has 1 nitrogen and oxygen atoms in total. The Morgan fingerprint density at radius 3 is 1.45 bits per heavy atom. The molecule has 0 spiro atoms. The van der Waals surface area contributed by atoms with E-state index < -0.39 is 5.41 Å². The molecule has 0 bridgehead atoms. The minimum Gasteiger partial charge on any atom is -0.309 e. The molecule has 0 fully saturated rings. The summed E-state index contributed by atoms with van der Waals surface area (Å²) in [6.45, 7) is 0. The highest BCUT2D eigenvalue weighted by Crippen LogP contribution is 2.59. The van der Waals surface area contributed by atoms with Gasteiger partial charge in [-0.3, -0.25) is 0 Å². The van der Waals surface area contributed by atoms with Crippen molar-refractivity contribution in [3.8, 4) is 33.4 Å². The maximum Gasteiger partial charge on any atom is 0.0714 e. The van der Waals surface area contributed by atoms with Crippen LogP contribution in [0.3, 0.4) is 0 Å². The maximum atomic E-state index is 2.51. The van der Waals surface area contributed by atoms with Gasteiger partial charge in [-0.25, -0.2) is 0 Å². The standard InChI is InChI=1S/C57H39N/c1-4-17-40(18-5-1)41-31-33-42(34-32-41)43-35-37-47(38-36-43)58(55-39-44-19-10-11-24-48(44)49-25-12-13-26-50(49)55)54-30-16-29-53-56(54)51-27-14-15-28-52(51)57(53,45-20-6-2-7-21-45)46-22-8-3-9-23-46/h1-39H. The minimum atomic E-state index is -0.503. The van der Waals surface area contributed by atoms with Gasteiger partial charge in [0.1, 0.15) is 0 Å². The van der Waals surface area contributed by atoms with Crippen LogP contribution in [0.5, 0.6) is 0 Å². The monoisotopic (exact) mass is 737 g/mol. The van der Waals surface area contributed by atoms with Crippen molar-refractivity contribution in [1.29, 1.82) is 0 Å². The van der Waals surface area contributed by atoms with Gasteiger partial charge in [0.2, 0.25) is 0 Å². The van der Waals surface area contributed by atoms with Crippen molar-refractivity contribution in [3.05, 3.63) is 259 Å². The van der Waals surface area contributed by atoms with Gasteiger partial charge in [0.15, 0.2) is 0 Å². The van der Waals surface area contributed by atoms with Crippen molar-refractivity contribution in [1.82, 2.24) is 0 Å². The van der Waals surface area contributed by atoms with E-state index in [-0.39, 0.29) is 0 Å². The first kappa shape index (κ1) is 33.8. The van der Waals surface area contributed by atoms with E-state index in [0.29, 0.717) is 0 Å².